The Morgan fingerprint density at radius 3 is 2.53 bits per heavy atom. The van der Waals surface area contributed by atoms with Crippen molar-refractivity contribution in [2.75, 3.05) is 6.61 Å². The number of rotatable bonds is 4. The third-order valence-corrected chi connectivity index (χ3v) is 6.60. The van der Waals surface area contributed by atoms with E-state index >= 15 is 0 Å². The number of phenols is 1. The second-order valence-corrected chi connectivity index (χ2v) is 8.53. The van der Waals surface area contributed by atoms with Gasteiger partial charge in [-0.1, -0.05) is 5.16 Å². The van der Waals surface area contributed by atoms with Crippen LogP contribution in [0.4, 0.5) is 0 Å². The lowest BCUT2D eigenvalue weighted by Gasteiger charge is -2.41. The summed E-state index contributed by atoms with van der Waals surface area (Å²) in [6.07, 6.45) is 0.724. The molecule has 0 aliphatic heterocycles. The minimum atomic E-state index is -1.05. The average Bonchev–Trinajstić information content (AvgIpc) is 2.71. The van der Waals surface area contributed by atoms with Gasteiger partial charge in [-0.05, 0) is 63.1 Å². The molecule has 8 heteroatoms. The van der Waals surface area contributed by atoms with Crippen LogP contribution in [-0.2, 0) is 25.6 Å². The number of allylic oxidation sites excluding steroid dienone is 3. The molecule has 3 aliphatic rings. The highest BCUT2D eigenvalue weighted by Gasteiger charge is 2.50. The van der Waals surface area contributed by atoms with Crippen LogP contribution in [-0.4, -0.2) is 45.0 Å². The summed E-state index contributed by atoms with van der Waals surface area (Å²) in [7, 11) is 0. The fraction of sp³-hybridized carbons (Fsp3) is 0.417. The van der Waals surface area contributed by atoms with Gasteiger partial charge in [0, 0.05) is 17.6 Å². The fourth-order valence-corrected chi connectivity index (χ4v) is 5.30. The number of phenolic OH excluding ortho intramolecular Hbond substituents is 1. The van der Waals surface area contributed by atoms with Gasteiger partial charge in [-0.15, -0.1) is 0 Å². The maximum atomic E-state index is 13.4. The highest BCUT2D eigenvalue weighted by Crippen LogP contribution is 2.50. The number of oxime groups is 1. The topological polar surface area (TPSA) is 133 Å². The number of carbonyl (C=O) groups is 3. The number of aromatic hydroxyl groups is 1. The van der Waals surface area contributed by atoms with Crippen molar-refractivity contribution >= 4 is 28.8 Å². The summed E-state index contributed by atoms with van der Waals surface area (Å²) in [5, 5.41) is 36.3. The van der Waals surface area contributed by atoms with Crippen LogP contribution in [0, 0.1) is 17.8 Å². The SMILES string of the molecule is CCO/N=C(\C)c1ccc(O)c2c1CC1CC3CC(=O)C(C(C)=O)=C(O)C3C(=O)C1=C2O. The van der Waals surface area contributed by atoms with Crippen molar-refractivity contribution in [2.24, 2.45) is 22.9 Å². The molecule has 0 heterocycles. The number of nitrogens with zero attached hydrogens (tertiary/aromatic N) is 1. The van der Waals surface area contributed by atoms with Crippen molar-refractivity contribution in [3.63, 3.8) is 0 Å². The van der Waals surface area contributed by atoms with Gasteiger partial charge in [0.05, 0.1) is 22.8 Å². The van der Waals surface area contributed by atoms with E-state index in [2.05, 4.69) is 5.16 Å². The Balaban J connectivity index is 1.86. The molecule has 3 aliphatic carbocycles. The number of hydrogen-bond acceptors (Lipinski definition) is 8. The Labute approximate surface area is 184 Å². The van der Waals surface area contributed by atoms with Crippen LogP contribution in [0.25, 0.3) is 5.76 Å². The highest BCUT2D eigenvalue weighted by atomic mass is 16.6. The maximum Gasteiger partial charge on any atom is 0.173 e. The van der Waals surface area contributed by atoms with E-state index in [1.54, 1.807) is 19.9 Å². The van der Waals surface area contributed by atoms with E-state index in [1.807, 2.05) is 0 Å². The monoisotopic (exact) mass is 439 g/mol. The minimum Gasteiger partial charge on any atom is -0.511 e. The smallest absolute Gasteiger partial charge is 0.173 e. The number of hydrogen-bond donors (Lipinski definition) is 3. The van der Waals surface area contributed by atoms with Crippen LogP contribution in [0.3, 0.4) is 0 Å². The second-order valence-electron chi connectivity index (χ2n) is 8.53. The van der Waals surface area contributed by atoms with E-state index < -0.39 is 40.9 Å². The molecular formula is C24H25NO7. The van der Waals surface area contributed by atoms with E-state index in [9.17, 15) is 29.7 Å². The molecule has 0 bridgehead atoms. The van der Waals surface area contributed by atoms with E-state index in [0.29, 0.717) is 36.3 Å². The van der Waals surface area contributed by atoms with Crippen molar-refractivity contribution in [1.29, 1.82) is 0 Å². The van der Waals surface area contributed by atoms with Crippen molar-refractivity contribution in [2.45, 2.75) is 40.0 Å². The number of carbonyl (C=O) groups excluding carboxylic acids is 3. The van der Waals surface area contributed by atoms with Gasteiger partial charge in [-0.2, -0.15) is 0 Å². The molecule has 3 unspecified atom stereocenters. The summed E-state index contributed by atoms with van der Waals surface area (Å²) in [6, 6.07) is 3.12. The third-order valence-electron chi connectivity index (χ3n) is 6.60. The lowest BCUT2D eigenvalue weighted by Crippen LogP contribution is -2.43. The van der Waals surface area contributed by atoms with Crippen molar-refractivity contribution < 1.29 is 34.5 Å². The van der Waals surface area contributed by atoms with Crippen molar-refractivity contribution in [3.8, 4) is 5.75 Å². The Morgan fingerprint density at radius 2 is 1.88 bits per heavy atom. The molecule has 32 heavy (non-hydrogen) atoms. The molecule has 168 valence electrons. The summed E-state index contributed by atoms with van der Waals surface area (Å²) in [6.45, 7) is 5.13. The number of benzene rings is 1. The molecule has 1 saturated carbocycles. The zero-order chi connectivity index (χ0) is 23.3. The van der Waals surface area contributed by atoms with Gasteiger partial charge in [-0.25, -0.2) is 0 Å². The molecule has 3 atom stereocenters. The predicted molar refractivity (Wildman–Crippen MR) is 115 cm³/mol. The molecule has 3 N–H and O–H groups in total. The van der Waals surface area contributed by atoms with Crippen LogP contribution in [0.1, 0.15) is 50.3 Å². The Kier molecular flexibility index (Phi) is 5.40. The van der Waals surface area contributed by atoms with Gasteiger partial charge in [0.25, 0.3) is 0 Å². The van der Waals surface area contributed by atoms with Gasteiger partial charge in [-0.3, -0.25) is 14.4 Å². The standard InChI is InChI=1S/C24H25NO7/c1-4-32-25-10(2)14-5-6-16(27)21-15(14)8-12-7-13-9-17(28)18(11(3)26)22(29)20(13)23(30)19(12)24(21)31/h5-6,12-13,20,27,29,31H,4,7-9H2,1-3H3/b25-10+. The van der Waals surface area contributed by atoms with Gasteiger partial charge < -0.3 is 20.2 Å². The first-order valence-electron chi connectivity index (χ1n) is 10.6. The summed E-state index contributed by atoms with van der Waals surface area (Å²) >= 11 is 0. The highest BCUT2D eigenvalue weighted by molar-refractivity contribution is 6.22. The number of fused-ring (bicyclic) bond motifs is 3. The largest absolute Gasteiger partial charge is 0.511 e. The van der Waals surface area contributed by atoms with Crippen LogP contribution in [0.5, 0.6) is 5.75 Å². The maximum absolute atomic E-state index is 13.4. The van der Waals surface area contributed by atoms with Crippen LogP contribution in [0.15, 0.2) is 34.2 Å². The van der Waals surface area contributed by atoms with E-state index in [-0.39, 0.29) is 34.6 Å². The number of ketones is 3. The van der Waals surface area contributed by atoms with Crippen LogP contribution >= 0.6 is 0 Å². The minimum absolute atomic E-state index is 0.00942. The zero-order valence-corrected chi connectivity index (χ0v) is 18.1. The first kappa shape index (κ1) is 21.8. The van der Waals surface area contributed by atoms with E-state index in [1.165, 1.54) is 13.0 Å². The molecule has 0 aromatic heterocycles. The van der Waals surface area contributed by atoms with Crippen LogP contribution < -0.4 is 0 Å². The van der Waals surface area contributed by atoms with Gasteiger partial charge in [0.1, 0.15) is 23.9 Å². The predicted octanol–water partition coefficient (Wildman–Crippen LogP) is 3.17. The molecule has 0 spiro atoms. The van der Waals surface area contributed by atoms with Gasteiger partial charge >= 0.3 is 0 Å². The molecular weight excluding hydrogens is 414 g/mol. The average molecular weight is 439 g/mol. The van der Waals surface area contributed by atoms with Crippen molar-refractivity contribution in [3.05, 3.63) is 45.7 Å². The van der Waals surface area contributed by atoms with Crippen LogP contribution in [0.2, 0.25) is 0 Å². The summed E-state index contributed by atoms with van der Waals surface area (Å²) in [4.78, 5) is 42.9. The molecule has 0 amide bonds. The molecule has 1 fully saturated rings. The summed E-state index contributed by atoms with van der Waals surface area (Å²) < 4.78 is 0. The Hall–Kier alpha value is -3.42. The number of aliphatic hydroxyl groups is 2. The fourth-order valence-electron chi connectivity index (χ4n) is 5.30. The molecule has 1 aromatic carbocycles. The zero-order valence-electron chi connectivity index (χ0n) is 18.1. The first-order valence-corrected chi connectivity index (χ1v) is 10.6. The lowest BCUT2D eigenvalue weighted by atomic mass is 9.61. The van der Waals surface area contributed by atoms with Gasteiger partial charge in [0.2, 0.25) is 0 Å². The second kappa shape index (κ2) is 7.93. The van der Waals surface area contributed by atoms with E-state index in [0.717, 1.165) is 0 Å². The summed E-state index contributed by atoms with van der Waals surface area (Å²) in [5.41, 5.74) is 1.85. The number of aliphatic hydroxyl groups excluding tert-OH is 2. The lowest BCUT2D eigenvalue weighted by molar-refractivity contribution is -0.127. The summed E-state index contributed by atoms with van der Waals surface area (Å²) in [5.74, 6) is -4.47. The molecule has 0 radical (unpaired) electrons. The first-order chi connectivity index (χ1) is 15.2. The third kappa shape index (κ3) is 3.21. The Bertz CT molecular complexity index is 1140. The van der Waals surface area contributed by atoms with E-state index in [4.69, 9.17) is 4.84 Å². The quantitative estimate of drug-likeness (QED) is 0.373. The van der Waals surface area contributed by atoms with Gasteiger partial charge in [0.15, 0.2) is 17.3 Å². The van der Waals surface area contributed by atoms with Crippen molar-refractivity contribution in [1.82, 2.24) is 0 Å². The normalized spacial score (nSPS) is 25.3. The molecule has 8 nitrogen and oxygen atoms in total. The molecule has 1 aromatic rings. The Morgan fingerprint density at radius 1 is 1.16 bits per heavy atom. The molecule has 4 rings (SSSR count). The number of Topliss-reactive ketones (excluding diaryl/α,β-unsaturated/α-hetero) is 3. The molecule has 0 saturated heterocycles.